The molecule has 0 aliphatic heterocycles. The maximum atomic E-state index is 4.53. The summed E-state index contributed by atoms with van der Waals surface area (Å²) in [6.45, 7) is 0. The van der Waals surface area contributed by atoms with Gasteiger partial charge in [-0.2, -0.15) is 0 Å². The summed E-state index contributed by atoms with van der Waals surface area (Å²) in [6.07, 6.45) is 2.91. The molecule has 1 heterocycles. The van der Waals surface area contributed by atoms with E-state index in [9.17, 15) is 0 Å². The second-order valence-corrected chi connectivity index (χ2v) is 11.7. The van der Waals surface area contributed by atoms with E-state index < -0.39 is 7.26 Å². The van der Waals surface area contributed by atoms with Crippen LogP contribution in [-0.2, 0) is 6.16 Å². The zero-order chi connectivity index (χ0) is 19.4. The molecule has 4 rings (SSSR count). The number of nitrogens with zero attached hydrogens (tertiary/aromatic N) is 1. The molecule has 0 bridgehead atoms. The lowest BCUT2D eigenvalue weighted by molar-refractivity contribution is 1.19. The number of aromatic nitrogens is 1. The van der Waals surface area contributed by atoms with Gasteiger partial charge in [0.15, 0.2) is 0 Å². The molecule has 1 nitrogen and oxygen atoms in total. The highest BCUT2D eigenvalue weighted by Gasteiger charge is 2.45. The molecule has 0 saturated carbocycles. The third-order valence-corrected chi connectivity index (χ3v) is 11.0. The fraction of sp³-hybridized carbons (Fsp3) is 0.0417. The van der Waals surface area contributed by atoms with Gasteiger partial charge in [-0.25, -0.2) is 4.98 Å². The molecule has 28 heavy (non-hydrogen) atoms. The molecular formula is C24H19Br2NP+. The standard InChI is InChI=1S/C24H19Br2NP/c25-23-16-19(17-27-24(23)26)18-28(20-10-4-1-5-11-20,21-12-6-2-7-13-21)22-14-8-3-9-15-22/h1-17H,18H2/q+1. The Balaban J connectivity index is 1.99. The Hall–Kier alpha value is -1.80. The Labute approximate surface area is 183 Å². The molecule has 4 heteroatoms. The quantitative estimate of drug-likeness (QED) is 0.233. The zero-order valence-electron chi connectivity index (χ0n) is 15.2. The summed E-state index contributed by atoms with van der Waals surface area (Å²) in [7, 11) is -1.89. The van der Waals surface area contributed by atoms with Crippen LogP contribution >= 0.6 is 39.1 Å². The zero-order valence-corrected chi connectivity index (χ0v) is 19.2. The molecule has 0 aliphatic rings. The fourth-order valence-corrected chi connectivity index (χ4v) is 8.41. The third-order valence-electron chi connectivity index (χ3n) is 4.86. The van der Waals surface area contributed by atoms with E-state index in [4.69, 9.17) is 0 Å². The Kier molecular flexibility index (Phi) is 6.06. The summed E-state index contributed by atoms with van der Waals surface area (Å²) < 4.78 is 1.82. The van der Waals surface area contributed by atoms with Crippen LogP contribution < -0.4 is 15.9 Å². The van der Waals surface area contributed by atoms with Gasteiger partial charge in [-0.1, -0.05) is 54.6 Å². The van der Waals surface area contributed by atoms with Crippen molar-refractivity contribution in [1.29, 1.82) is 0 Å². The summed E-state index contributed by atoms with van der Waals surface area (Å²) in [5.41, 5.74) is 1.22. The van der Waals surface area contributed by atoms with Gasteiger partial charge in [-0.15, -0.1) is 0 Å². The summed E-state index contributed by atoms with van der Waals surface area (Å²) in [5.74, 6) is 0. The molecule has 1 aromatic heterocycles. The van der Waals surface area contributed by atoms with Crippen molar-refractivity contribution in [2.75, 3.05) is 0 Å². The molecule has 0 atom stereocenters. The van der Waals surface area contributed by atoms with Crippen molar-refractivity contribution in [1.82, 2.24) is 4.98 Å². The average Bonchev–Trinajstić information content (AvgIpc) is 2.76. The highest BCUT2D eigenvalue weighted by Crippen LogP contribution is 2.58. The van der Waals surface area contributed by atoms with E-state index in [1.54, 1.807) is 0 Å². The SMILES string of the molecule is Brc1cc(C[P+](c2ccccc2)(c2ccccc2)c2ccccc2)cnc1Br. The maximum Gasteiger partial charge on any atom is 0.120 e. The van der Waals surface area contributed by atoms with Crippen LogP contribution in [0.15, 0.2) is 112 Å². The lowest BCUT2D eigenvalue weighted by Gasteiger charge is -2.27. The Morgan fingerprint density at radius 2 is 1.07 bits per heavy atom. The van der Waals surface area contributed by atoms with Crippen molar-refractivity contribution < 1.29 is 0 Å². The lowest BCUT2D eigenvalue weighted by atomic mass is 10.3. The van der Waals surface area contributed by atoms with E-state index in [1.165, 1.54) is 21.5 Å². The number of hydrogen-bond donors (Lipinski definition) is 0. The first kappa shape index (κ1) is 19.5. The topological polar surface area (TPSA) is 12.9 Å². The highest BCUT2D eigenvalue weighted by atomic mass is 79.9. The highest BCUT2D eigenvalue weighted by molar-refractivity contribution is 9.13. The molecule has 0 saturated heterocycles. The van der Waals surface area contributed by atoms with E-state index in [-0.39, 0.29) is 0 Å². The Bertz CT molecular complexity index is 957. The predicted molar refractivity (Wildman–Crippen MR) is 128 cm³/mol. The van der Waals surface area contributed by atoms with Gasteiger partial charge in [-0.05, 0) is 74.3 Å². The molecule has 0 radical (unpaired) electrons. The summed E-state index contributed by atoms with van der Waals surface area (Å²) >= 11 is 7.12. The van der Waals surface area contributed by atoms with Crippen LogP contribution in [0, 0.1) is 0 Å². The van der Waals surface area contributed by atoms with Crippen LogP contribution in [0.4, 0.5) is 0 Å². The monoisotopic (exact) mass is 510 g/mol. The van der Waals surface area contributed by atoms with Gasteiger partial charge in [-0.3, -0.25) is 0 Å². The van der Waals surface area contributed by atoms with Crippen molar-refractivity contribution in [3.8, 4) is 0 Å². The van der Waals surface area contributed by atoms with E-state index in [1.807, 2.05) is 6.20 Å². The minimum absolute atomic E-state index is 0.833. The van der Waals surface area contributed by atoms with Gasteiger partial charge in [0.2, 0.25) is 0 Å². The molecular weight excluding hydrogens is 493 g/mol. The Morgan fingerprint density at radius 3 is 1.46 bits per heavy atom. The second kappa shape index (κ2) is 8.69. The van der Waals surface area contributed by atoms with Crippen molar-refractivity contribution in [2.24, 2.45) is 0 Å². The molecule has 0 amide bonds. The first-order valence-electron chi connectivity index (χ1n) is 9.05. The lowest BCUT2D eigenvalue weighted by Crippen LogP contribution is -2.32. The normalized spacial score (nSPS) is 11.4. The van der Waals surface area contributed by atoms with Crippen molar-refractivity contribution in [3.05, 3.63) is 118 Å². The minimum atomic E-state index is -1.89. The van der Waals surface area contributed by atoms with E-state index in [0.717, 1.165) is 15.2 Å². The molecule has 0 unspecified atom stereocenters. The first-order valence-corrected chi connectivity index (χ1v) is 12.6. The van der Waals surface area contributed by atoms with Gasteiger partial charge >= 0.3 is 0 Å². The van der Waals surface area contributed by atoms with Crippen LogP contribution in [0.5, 0.6) is 0 Å². The van der Waals surface area contributed by atoms with Crippen molar-refractivity contribution >= 4 is 55.0 Å². The molecule has 0 aliphatic carbocycles. The maximum absolute atomic E-state index is 4.53. The van der Waals surface area contributed by atoms with Crippen LogP contribution in [-0.4, -0.2) is 4.98 Å². The smallest absolute Gasteiger partial charge is 0.120 e. The summed E-state index contributed by atoms with van der Waals surface area (Å²) in [6, 6.07) is 35.0. The number of halogens is 2. The molecule has 0 spiro atoms. The Morgan fingerprint density at radius 1 is 0.643 bits per heavy atom. The van der Waals surface area contributed by atoms with Crippen molar-refractivity contribution in [3.63, 3.8) is 0 Å². The molecule has 0 fully saturated rings. The number of hydrogen-bond acceptors (Lipinski definition) is 1. The van der Waals surface area contributed by atoms with Crippen molar-refractivity contribution in [2.45, 2.75) is 6.16 Å². The van der Waals surface area contributed by atoms with E-state index >= 15 is 0 Å². The van der Waals surface area contributed by atoms with E-state index in [0.29, 0.717) is 0 Å². The average molecular weight is 512 g/mol. The largest absolute Gasteiger partial charge is 0.248 e. The first-order chi connectivity index (χ1) is 13.7. The summed E-state index contributed by atoms with van der Waals surface area (Å²) in [5, 5.41) is 4.14. The van der Waals surface area contributed by atoms with Gasteiger partial charge in [0.05, 0.1) is 10.6 Å². The molecule has 3 aromatic carbocycles. The fourth-order valence-electron chi connectivity index (χ4n) is 3.59. The third kappa shape index (κ3) is 3.85. The van der Waals surface area contributed by atoms with E-state index in [2.05, 4.69) is 134 Å². The molecule has 4 aromatic rings. The van der Waals surface area contributed by atoms with Gasteiger partial charge < -0.3 is 0 Å². The van der Waals surface area contributed by atoms with Crippen LogP contribution in [0.1, 0.15) is 5.56 Å². The molecule has 0 N–H and O–H groups in total. The predicted octanol–water partition coefficient (Wildman–Crippen LogP) is 6.10. The van der Waals surface area contributed by atoms with Crippen LogP contribution in [0.2, 0.25) is 0 Å². The molecule has 138 valence electrons. The van der Waals surface area contributed by atoms with Gasteiger partial charge in [0.1, 0.15) is 27.8 Å². The summed E-state index contributed by atoms with van der Waals surface area (Å²) in [4.78, 5) is 4.53. The van der Waals surface area contributed by atoms with Crippen LogP contribution in [0.3, 0.4) is 0 Å². The van der Waals surface area contributed by atoms with Crippen LogP contribution in [0.25, 0.3) is 0 Å². The minimum Gasteiger partial charge on any atom is -0.248 e. The van der Waals surface area contributed by atoms with Gasteiger partial charge in [0, 0.05) is 11.8 Å². The number of pyridine rings is 1. The number of benzene rings is 3. The number of rotatable bonds is 5. The van der Waals surface area contributed by atoms with Gasteiger partial charge in [0.25, 0.3) is 0 Å². The second-order valence-electron chi connectivity index (χ2n) is 6.59.